The molecule has 1 heterocycles. The fourth-order valence-electron chi connectivity index (χ4n) is 2.52. The number of hydrogen-bond donors (Lipinski definition) is 0. The number of benzene rings is 2. The van der Waals surface area contributed by atoms with E-state index in [-0.39, 0.29) is 0 Å². The third-order valence-corrected chi connectivity index (χ3v) is 3.69. The standard InChI is InChI=1S/C18H18N/c1-3-15-8-10-16(11-9-15)13-19-14(2)12-17-6-4-5-7-18(17)19/h4-11H,3,13H2,1-2H3. The first kappa shape index (κ1) is 12.0. The van der Waals surface area contributed by atoms with Crippen molar-refractivity contribution in [3.05, 3.63) is 71.4 Å². The summed E-state index contributed by atoms with van der Waals surface area (Å²) in [5, 5.41) is 1.20. The number of aryl methyl sites for hydroxylation is 2. The largest absolute Gasteiger partial charge is 0.340 e. The Morgan fingerprint density at radius 1 is 0.947 bits per heavy atom. The number of aromatic nitrogens is 1. The van der Waals surface area contributed by atoms with Crippen molar-refractivity contribution < 1.29 is 0 Å². The van der Waals surface area contributed by atoms with Crippen LogP contribution in [0.1, 0.15) is 23.7 Å². The van der Waals surface area contributed by atoms with Crippen molar-refractivity contribution in [2.75, 3.05) is 0 Å². The van der Waals surface area contributed by atoms with Gasteiger partial charge in [0.1, 0.15) is 0 Å². The molecule has 0 aliphatic rings. The molecule has 0 bridgehead atoms. The van der Waals surface area contributed by atoms with Gasteiger partial charge in [-0.25, -0.2) is 0 Å². The molecule has 1 heteroatoms. The topological polar surface area (TPSA) is 4.93 Å². The summed E-state index contributed by atoms with van der Waals surface area (Å²) in [5.41, 5.74) is 5.19. The number of hydrogen-bond acceptors (Lipinski definition) is 0. The summed E-state index contributed by atoms with van der Waals surface area (Å²) in [7, 11) is 0. The van der Waals surface area contributed by atoms with E-state index in [1.54, 1.807) is 0 Å². The minimum atomic E-state index is 0.917. The van der Waals surface area contributed by atoms with Crippen molar-refractivity contribution in [1.29, 1.82) is 0 Å². The molecule has 0 N–H and O–H groups in total. The van der Waals surface area contributed by atoms with Crippen LogP contribution in [0.5, 0.6) is 0 Å². The molecule has 0 atom stereocenters. The van der Waals surface area contributed by atoms with Gasteiger partial charge in [0, 0.05) is 29.2 Å². The molecular weight excluding hydrogens is 230 g/mol. The van der Waals surface area contributed by atoms with Crippen LogP contribution in [0.15, 0.2) is 48.5 Å². The fraction of sp³-hybridized carbons (Fsp3) is 0.222. The Hall–Kier alpha value is -2.02. The second-order valence-electron chi connectivity index (χ2n) is 4.98. The SMILES string of the molecule is CCc1ccc(Cn2c(C)[c]c3ccccc32)cc1. The van der Waals surface area contributed by atoms with Gasteiger partial charge in [-0.3, -0.25) is 0 Å². The van der Waals surface area contributed by atoms with Gasteiger partial charge in [-0.05, 0) is 30.5 Å². The second-order valence-corrected chi connectivity index (χ2v) is 4.98. The maximum atomic E-state index is 3.43. The number of nitrogens with zero attached hydrogens (tertiary/aromatic N) is 1. The maximum absolute atomic E-state index is 3.43. The van der Waals surface area contributed by atoms with E-state index in [1.807, 2.05) is 0 Å². The molecule has 1 radical (unpaired) electrons. The van der Waals surface area contributed by atoms with Gasteiger partial charge in [-0.2, -0.15) is 0 Å². The maximum Gasteiger partial charge on any atom is 0.0492 e. The Morgan fingerprint density at radius 3 is 2.37 bits per heavy atom. The van der Waals surface area contributed by atoms with Crippen molar-refractivity contribution in [2.24, 2.45) is 0 Å². The summed E-state index contributed by atoms with van der Waals surface area (Å²) in [4.78, 5) is 0. The summed E-state index contributed by atoms with van der Waals surface area (Å²) in [6.45, 7) is 5.23. The molecule has 2 aromatic carbocycles. The lowest BCUT2D eigenvalue weighted by atomic mass is 10.1. The molecule has 0 saturated carbocycles. The van der Waals surface area contributed by atoms with Crippen LogP contribution in [0.2, 0.25) is 0 Å². The quantitative estimate of drug-likeness (QED) is 0.649. The van der Waals surface area contributed by atoms with Crippen LogP contribution < -0.4 is 0 Å². The monoisotopic (exact) mass is 248 g/mol. The predicted octanol–water partition coefficient (Wildman–Crippen LogP) is 4.36. The molecule has 3 rings (SSSR count). The molecule has 0 unspecified atom stereocenters. The van der Waals surface area contributed by atoms with E-state index in [1.165, 1.54) is 27.7 Å². The summed E-state index contributed by atoms with van der Waals surface area (Å²) in [6, 6.07) is 20.8. The number of para-hydroxylation sites is 1. The molecule has 0 aliphatic heterocycles. The highest BCUT2D eigenvalue weighted by atomic mass is 15.0. The molecule has 0 aliphatic carbocycles. The van der Waals surface area contributed by atoms with Crippen molar-refractivity contribution in [2.45, 2.75) is 26.8 Å². The fourth-order valence-corrected chi connectivity index (χ4v) is 2.52. The van der Waals surface area contributed by atoms with Gasteiger partial charge in [0.2, 0.25) is 0 Å². The van der Waals surface area contributed by atoms with E-state index in [4.69, 9.17) is 0 Å². The third-order valence-electron chi connectivity index (χ3n) is 3.69. The lowest BCUT2D eigenvalue weighted by Crippen LogP contribution is -2.01. The Balaban J connectivity index is 1.98. The summed E-state index contributed by atoms with van der Waals surface area (Å²) in [5.74, 6) is 0. The van der Waals surface area contributed by atoms with E-state index in [0.717, 1.165) is 13.0 Å². The van der Waals surface area contributed by atoms with E-state index >= 15 is 0 Å². The average molecular weight is 248 g/mol. The molecule has 0 amide bonds. The van der Waals surface area contributed by atoms with Gasteiger partial charge in [0.05, 0.1) is 0 Å². The number of rotatable bonds is 3. The summed E-state index contributed by atoms with van der Waals surface area (Å²) >= 11 is 0. The first-order chi connectivity index (χ1) is 9.28. The van der Waals surface area contributed by atoms with Gasteiger partial charge in [0.15, 0.2) is 0 Å². The minimum absolute atomic E-state index is 0.917. The lowest BCUT2D eigenvalue weighted by Gasteiger charge is -2.09. The van der Waals surface area contributed by atoms with Gasteiger partial charge < -0.3 is 4.57 Å². The number of fused-ring (bicyclic) bond motifs is 1. The lowest BCUT2D eigenvalue weighted by molar-refractivity contribution is 0.803. The van der Waals surface area contributed by atoms with E-state index < -0.39 is 0 Å². The van der Waals surface area contributed by atoms with Crippen LogP contribution >= 0.6 is 0 Å². The van der Waals surface area contributed by atoms with Crippen LogP contribution in [0.3, 0.4) is 0 Å². The molecule has 0 spiro atoms. The van der Waals surface area contributed by atoms with Crippen LogP contribution in [-0.2, 0) is 13.0 Å². The Bertz CT molecular complexity index is 689. The van der Waals surface area contributed by atoms with Crippen LogP contribution in [0, 0.1) is 13.0 Å². The van der Waals surface area contributed by atoms with Gasteiger partial charge in [-0.15, -0.1) is 0 Å². The molecule has 0 fully saturated rings. The van der Waals surface area contributed by atoms with Gasteiger partial charge in [-0.1, -0.05) is 49.4 Å². The highest BCUT2D eigenvalue weighted by Crippen LogP contribution is 2.20. The van der Waals surface area contributed by atoms with Crippen molar-refractivity contribution in [1.82, 2.24) is 4.57 Å². The first-order valence-electron chi connectivity index (χ1n) is 6.83. The molecule has 3 aromatic rings. The highest BCUT2D eigenvalue weighted by molar-refractivity contribution is 5.80. The van der Waals surface area contributed by atoms with E-state index in [0.29, 0.717) is 0 Å². The van der Waals surface area contributed by atoms with Gasteiger partial charge in [0.25, 0.3) is 0 Å². The second kappa shape index (κ2) is 4.93. The Kier molecular flexibility index (Phi) is 3.12. The highest BCUT2D eigenvalue weighted by Gasteiger charge is 2.05. The third kappa shape index (κ3) is 2.28. The van der Waals surface area contributed by atoms with Crippen molar-refractivity contribution >= 4 is 10.9 Å². The summed E-state index contributed by atoms with van der Waals surface area (Å²) < 4.78 is 2.33. The predicted molar refractivity (Wildman–Crippen MR) is 80.4 cm³/mol. The molecule has 19 heavy (non-hydrogen) atoms. The van der Waals surface area contributed by atoms with Gasteiger partial charge >= 0.3 is 0 Å². The zero-order chi connectivity index (χ0) is 13.2. The molecule has 1 aromatic heterocycles. The minimum Gasteiger partial charge on any atom is -0.340 e. The molecular formula is C18H18N. The van der Waals surface area contributed by atoms with E-state index in [9.17, 15) is 0 Å². The summed E-state index contributed by atoms with van der Waals surface area (Å²) in [6.07, 6.45) is 1.10. The average Bonchev–Trinajstić information content (AvgIpc) is 2.76. The van der Waals surface area contributed by atoms with Crippen molar-refractivity contribution in [3.63, 3.8) is 0 Å². The Morgan fingerprint density at radius 2 is 1.63 bits per heavy atom. The van der Waals surface area contributed by atoms with Crippen LogP contribution in [0.25, 0.3) is 10.9 Å². The van der Waals surface area contributed by atoms with E-state index in [2.05, 4.69) is 73.0 Å². The zero-order valence-corrected chi connectivity index (χ0v) is 11.5. The molecule has 0 saturated heterocycles. The van der Waals surface area contributed by atoms with Crippen LogP contribution in [-0.4, -0.2) is 4.57 Å². The van der Waals surface area contributed by atoms with Crippen molar-refractivity contribution in [3.8, 4) is 0 Å². The smallest absolute Gasteiger partial charge is 0.0492 e. The zero-order valence-electron chi connectivity index (χ0n) is 11.5. The van der Waals surface area contributed by atoms with Crippen LogP contribution in [0.4, 0.5) is 0 Å². The molecule has 95 valence electrons. The Labute approximate surface area is 114 Å². The molecule has 1 nitrogen and oxygen atoms in total. The first-order valence-corrected chi connectivity index (χ1v) is 6.83. The normalized spacial score (nSPS) is 11.1.